The third-order valence-corrected chi connectivity index (χ3v) is 5.18. The molecule has 1 rings (SSSR count). The summed E-state index contributed by atoms with van der Waals surface area (Å²) in [4.78, 5) is 11.9. The lowest BCUT2D eigenvalue weighted by molar-refractivity contribution is -0.149. The Labute approximate surface area is 114 Å². The van der Waals surface area contributed by atoms with Crippen LogP contribution in [0.25, 0.3) is 0 Å². The van der Waals surface area contributed by atoms with Gasteiger partial charge in [-0.2, -0.15) is 0 Å². The fourth-order valence-electron chi connectivity index (χ4n) is 1.93. The van der Waals surface area contributed by atoms with E-state index in [1.807, 2.05) is 13.0 Å². The summed E-state index contributed by atoms with van der Waals surface area (Å²) < 4.78 is 29.5. The van der Waals surface area contributed by atoms with Crippen LogP contribution in [0.5, 0.6) is 0 Å². The highest BCUT2D eigenvalue weighted by molar-refractivity contribution is 7.91. The van der Waals surface area contributed by atoms with Crippen molar-refractivity contribution < 1.29 is 17.9 Å². The second-order valence-corrected chi connectivity index (χ2v) is 7.36. The fraction of sp³-hybridized carbons (Fsp3) is 0.500. The lowest BCUT2D eigenvalue weighted by Gasteiger charge is -2.21. The van der Waals surface area contributed by atoms with Crippen LogP contribution in [-0.2, 0) is 19.4 Å². The van der Waals surface area contributed by atoms with E-state index in [0.29, 0.717) is 5.56 Å². The molecule has 0 unspecified atom stereocenters. The molecule has 5 heteroatoms. The van der Waals surface area contributed by atoms with Crippen molar-refractivity contribution in [2.45, 2.75) is 32.6 Å². The minimum atomic E-state index is -3.53. The van der Waals surface area contributed by atoms with E-state index in [9.17, 15) is 13.2 Å². The summed E-state index contributed by atoms with van der Waals surface area (Å²) in [5.41, 5.74) is 0.496. The second kappa shape index (κ2) is 5.33. The molecular formula is C14H20O4S. The Balaban J connectivity index is 3.19. The summed E-state index contributed by atoms with van der Waals surface area (Å²) >= 11 is 0. The van der Waals surface area contributed by atoms with Crippen LogP contribution < -0.4 is 0 Å². The predicted molar refractivity (Wildman–Crippen MR) is 73.8 cm³/mol. The highest BCUT2D eigenvalue weighted by Gasteiger charge is 2.35. The minimum Gasteiger partial charge on any atom is -0.469 e. The molecule has 19 heavy (non-hydrogen) atoms. The third kappa shape index (κ3) is 3.56. The quantitative estimate of drug-likeness (QED) is 0.796. The molecule has 0 radical (unpaired) electrons. The first-order valence-electron chi connectivity index (χ1n) is 5.98. The van der Waals surface area contributed by atoms with Crippen LogP contribution in [0.2, 0.25) is 0 Å². The highest BCUT2D eigenvalue weighted by Crippen LogP contribution is 2.26. The fourth-order valence-corrected chi connectivity index (χ4v) is 4.08. The lowest BCUT2D eigenvalue weighted by atomic mass is 9.97. The van der Waals surface area contributed by atoms with Gasteiger partial charge in [0.1, 0.15) is 0 Å². The first kappa shape index (κ1) is 15.7. The largest absolute Gasteiger partial charge is 0.469 e. The van der Waals surface area contributed by atoms with Crippen molar-refractivity contribution in [3.05, 3.63) is 29.3 Å². The second-order valence-electron chi connectivity index (χ2n) is 5.40. The number of rotatable bonds is 4. The van der Waals surface area contributed by atoms with E-state index in [1.165, 1.54) is 7.11 Å². The van der Waals surface area contributed by atoms with Gasteiger partial charge in [0.15, 0.2) is 9.84 Å². The number of benzene rings is 1. The Morgan fingerprint density at radius 1 is 1.26 bits per heavy atom. The molecule has 4 nitrogen and oxygen atoms in total. The van der Waals surface area contributed by atoms with Crippen LogP contribution in [-0.4, -0.2) is 27.2 Å². The van der Waals surface area contributed by atoms with Crippen LogP contribution in [0.15, 0.2) is 23.1 Å². The van der Waals surface area contributed by atoms with Crippen molar-refractivity contribution in [2.24, 2.45) is 5.41 Å². The molecule has 1 aromatic rings. The Morgan fingerprint density at radius 2 is 1.84 bits per heavy atom. The van der Waals surface area contributed by atoms with Crippen LogP contribution in [0.3, 0.4) is 0 Å². The molecule has 0 aromatic heterocycles. The minimum absolute atomic E-state index is 0.267. The number of carbonyl (C=O) groups excluding carboxylic acids is 1. The summed E-state index contributed by atoms with van der Waals surface area (Å²) in [6.45, 7) is 6.73. The summed E-state index contributed by atoms with van der Waals surface area (Å²) in [6.07, 6.45) is 0. The van der Waals surface area contributed by atoms with Gasteiger partial charge in [0.2, 0.25) is 0 Å². The Bertz CT molecular complexity index is 585. The number of aryl methyl sites for hydroxylation is 2. The number of ether oxygens (including phenoxy) is 1. The van der Waals surface area contributed by atoms with E-state index in [4.69, 9.17) is 0 Å². The van der Waals surface area contributed by atoms with Gasteiger partial charge in [-0.3, -0.25) is 4.79 Å². The average molecular weight is 284 g/mol. The topological polar surface area (TPSA) is 60.4 Å². The molecule has 0 N–H and O–H groups in total. The van der Waals surface area contributed by atoms with Crippen molar-refractivity contribution >= 4 is 15.8 Å². The monoisotopic (exact) mass is 284 g/mol. The SMILES string of the molecule is COC(=O)C(C)(C)CS(=O)(=O)c1cc(C)ccc1C. The third-order valence-electron chi connectivity index (χ3n) is 2.97. The first-order chi connectivity index (χ1) is 8.60. The molecule has 0 spiro atoms. The van der Waals surface area contributed by atoms with Crippen molar-refractivity contribution in [1.29, 1.82) is 0 Å². The van der Waals surface area contributed by atoms with Gasteiger partial charge < -0.3 is 4.74 Å². The molecule has 0 saturated heterocycles. The van der Waals surface area contributed by atoms with Crippen LogP contribution in [0, 0.1) is 19.3 Å². The van der Waals surface area contributed by atoms with E-state index in [0.717, 1.165) is 5.56 Å². The maximum absolute atomic E-state index is 12.4. The zero-order valence-corrected chi connectivity index (χ0v) is 12.8. The molecule has 0 atom stereocenters. The van der Waals surface area contributed by atoms with Gasteiger partial charge in [-0.25, -0.2) is 8.42 Å². The lowest BCUT2D eigenvalue weighted by Crippen LogP contribution is -2.33. The summed E-state index contributed by atoms with van der Waals surface area (Å²) in [5.74, 6) is -0.793. The normalized spacial score (nSPS) is 12.3. The number of methoxy groups -OCH3 is 1. The molecule has 0 bridgehead atoms. The van der Waals surface area contributed by atoms with Gasteiger partial charge in [-0.05, 0) is 44.9 Å². The number of esters is 1. The van der Waals surface area contributed by atoms with E-state index in [-0.39, 0.29) is 10.6 Å². The van der Waals surface area contributed by atoms with E-state index >= 15 is 0 Å². The highest BCUT2D eigenvalue weighted by atomic mass is 32.2. The van der Waals surface area contributed by atoms with Gasteiger partial charge in [-0.1, -0.05) is 12.1 Å². The predicted octanol–water partition coefficient (Wildman–Crippen LogP) is 2.28. The summed E-state index contributed by atoms with van der Waals surface area (Å²) in [7, 11) is -2.27. The molecule has 0 aliphatic rings. The van der Waals surface area contributed by atoms with Gasteiger partial charge in [0.05, 0.1) is 23.2 Å². The summed E-state index contributed by atoms with van der Waals surface area (Å²) in [5, 5.41) is 0. The molecule has 0 amide bonds. The van der Waals surface area contributed by atoms with Crippen molar-refractivity contribution in [3.8, 4) is 0 Å². The molecule has 1 aromatic carbocycles. The Kier molecular flexibility index (Phi) is 4.40. The molecule has 0 saturated carbocycles. The Hall–Kier alpha value is -1.36. The van der Waals surface area contributed by atoms with Gasteiger partial charge in [0, 0.05) is 0 Å². The molecule has 106 valence electrons. The number of carbonyl (C=O) groups is 1. The molecule has 0 aliphatic heterocycles. The maximum atomic E-state index is 12.4. The Morgan fingerprint density at radius 3 is 2.37 bits per heavy atom. The van der Waals surface area contributed by atoms with Crippen LogP contribution in [0.4, 0.5) is 0 Å². The van der Waals surface area contributed by atoms with E-state index in [1.54, 1.807) is 32.9 Å². The first-order valence-corrected chi connectivity index (χ1v) is 7.64. The van der Waals surface area contributed by atoms with E-state index < -0.39 is 21.2 Å². The van der Waals surface area contributed by atoms with Crippen molar-refractivity contribution in [3.63, 3.8) is 0 Å². The zero-order chi connectivity index (χ0) is 14.8. The number of sulfone groups is 1. The van der Waals surface area contributed by atoms with Crippen molar-refractivity contribution in [1.82, 2.24) is 0 Å². The smallest absolute Gasteiger partial charge is 0.312 e. The average Bonchev–Trinajstić information content (AvgIpc) is 2.29. The maximum Gasteiger partial charge on any atom is 0.312 e. The molecular weight excluding hydrogens is 264 g/mol. The number of hydrogen-bond donors (Lipinski definition) is 0. The standard InChI is InChI=1S/C14H20O4S/c1-10-6-7-11(2)12(8-10)19(16,17)9-14(3,4)13(15)18-5/h6-8H,9H2,1-5H3. The zero-order valence-electron chi connectivity index (χ0n) is 12.0. The number of hydrogen-bond acceptors (Lipinski definition) is 4. The van der Waals surface area contributed by atoms with Gasteiger partial charge in [0.25, 0.3) is 0 Å². The van der Waals surface area contributed by atoms with Crippen molar-refractivity contribution in [2.75, 3.05) is 12.9 Å². The molecule has 0 heterocycles. The molecule has 0 aliphatic carbocycles. The van der Waals surface area contributed by atoms with Crippen LogP contribution >= 0.6 is 0 Å². The summed E-state index contributed by atoms with van der Waals surface area (Å²) in [6, 6.07) is 5.27. The van der Waals surface area contributed by atoms with Crippen LogP contribution in [0.1, 0.15) is 25.0 Å². The van der Waals surface area contributed by atoms with E-state index in [2.05, 4.69) is 4.74 Å². The van der Waals surface area contributed by atoms with Gasteiger partial charge in [-0.15, -0.1) is 0 Å². The van der Waals surface area contributed by atoms with Gasteiger partial charge >= 0.3 is 5.97 Å². The molecule has 0 fully saturated rings.